The zero-order chi connectivity index (χ0) is 12.8. The second kappa shape index (κ2) is 6.37. The Kier molecular flexibility index (Phi) is 4.82. The molecule has 1 atom stereocenters. The van der Waals surface area contributed by atoms with Crippen molar-refractivity contribution in [2.45, 2.75) is 57.2 Å². The van der Waals surface area contributed by atoms with Gasteiger partial charge in [-0.2, -0.15) is 0 Å². The highest BCUT2D eigenvalue weighted by atomic mass is 28.3. The minimum atomic E-state index is -1.34. The van der Waals surface area contributed by atoms with E-state index in [1.54, 1.807) is 5.19 Å². The maximum Gasteiger partial charge on any atom is 0.0873 e. The van der Waals surface area contributed by atoms with Crippen LogP contribution in [-0.4, -0.2) is 8.07 Å². The van der Waals surface area contributed by atoms with Gasteiger partial charge in [0.2, 0.25) is 0 Å². The van der Waals surface area contributed by atoms with E-state index in [0.717, 1.165) is 5.54 Å². The predicted molar refractivity (Wildman–Crippen MR) is 84.2 cm³/mol. The molecule has 0 bridgehead atoms. The van der Waals surface area contributed by atoms with Crippen molar-refractivity contribution in [3.63, 3.8) is 0 Å². The SMILES string of the molecule is C[Si](C)(c1ccccc1)C1/C=C\CCCCCC1. The Morgan fingerprint density at radius 3 is 2.44 bits per heavy atom. The third-order valence-corrected chi connectivity index (χ3v) is 8.61. The number of hydrogen-bond acceptors (Lipinski definition) is 0. The third-order valence-electron chi connectivity index (χ3n) is 4.45. The standard InChI is InChI=1S/C17H26Si/c1-18(2,17-14-10-7-11-15-17)16-12-8-5-3-4-6-9-13-16/h7-8,10-12,14-16H,3-6,9,13H2,1-2H3/b12-8-. The molecule has 0 amide bonds. The molecular weight excluding hydrogens is 232 g/mol. The fourth-order valence-corrected chi connectivity index (χ4v) is 6.04. The first kappa shape index (κ1) is 13.6. The number of allylic oxidation sites excluding steroid dienone is 2. The summed E-state index contributed by atoms with van der Waals surface area (Å²) in [6.45, 7) is 5.07. The van der Waals surface area contributed by atoms with Crippen molar-refractivity contribution in [2.24, 2.45) is 0 Å². The van der Waals surface area contributed by atoms with E-state index in [9.17, 15) is 0 Å². The average Bonchev–Trinajstić information content (AvgIpc) is 2.53. The summed E-state index contributed by atoms with van der Waals surface area (Å²) in [4.78, 5) is 0. The minimum absolute atomic E-state index is 0.818. The van der Waals surface area contributed by atoms with Crippen molar-refractivity contribution in [2.75, 3.05) is 0 Å². The van der Waals surface area contributed by atoms with Gasteiger partial charge < -0.3 is 0 Å². The van der Waals surface area contributed by atoms with Crippen LogP contribution in [0.2, 0.25) is 18.6 Å². The summed E-state index contributed by atoms with van der Waals surface area (Å²) in [5, 5.41) is 1.61. The second-order valence-electron chi connectivity index (χ2n) is 6.11. The van der Waals surface area contributed by atoms with Crippen LogP contribution in [0.4, 0.5) is 0 Å². The van der Waals surface area contributed by atoms with Gasteiger partial charge in [0.1, 0.15) is 0 Å². The lowest BCUT2D eigenvalue weighted by Crippen LogP contribution is -2.45. The van der Waals surface area contributed by atoms with Crippen molar-refractivity contribution >= 4 is 13.3 Å². The van der Waals surface area contributed by atoms with E-state index < -0.39 is 8.07 Å². The molecule has 1 aliphatic carbocycles. The van der Waals surface area contributed by atoms with Crippen molar-refractivity contribution in [3.05, 3.63) is 42.5 Å². The Labute approximate surface area is 113 Å². The fourth-order valence-electron chi connectivity index (χ4n) is 3.02. The number of benzene rings is 1. The molecule has 0 aromatic heterocycles. The van der Waals surface area contributed by atoms with Crippen molar-refractivity contribution in [3.8, 4) is 0 Å². The maximum atomic E-state index is 2.55. The molecule has 0 aliphatic heterocycles. The number of rotatable bonds is 2. The lowest BCUT2D eigenvalue weighted by Gasteiger charge is -2.31. The van der Waals surface area contributed by atoms with Crippen LogP contribution in [0.3, 0.4) is 0 Å². The Hall–Kier alpha value is -0.823. The van der Waals surface area contributed by atoms with Gasteiger partial charge in [0, 0.05) is 0 Å². The van der Waals surface area contributed by atoms with E-state index in [2.05, 4.69) is 55.6 Å². The summed E-state index contributed by atoms with van der Waals surface area (Å²) in [6, 6.07) is 11.2. The molecule has 0 nitrogen and oxygen atoms in total. The van der Waals surface area contributed by atoms with Gasteiger partial charge in [-0.25, -0.2) is 0 Å². The molecule has 2 rings (SSSR count). The molecule has 1 unspecified atom stereocenters. The van der Waals surface area contributed by atoms with Gasteiger partial charge in [0.25, 0.3) is 0 Å². The van der Waals surface area contributed by atoms with Crippen molar-refractivity contribution in [1.29, 1.82) is 0 Å². The molecule has 0 fully saturated rings. The normalized spacial score (nSPS) is 23.8. The second-order valence-corrected chi connectivity index (χ2v) is 10.9. The van der Waals surface area contributed by atoms with Crippen LogP contribution in [0, 0.1) is 0 Å². The summed E-state index contributed by atoms with van der Waals surface area (Å²) in [7, 11) is -1.34. The largest absolute Gasteiger partial charge is 0.0885 e. The molecule has 1 aromatic carbocycles. The maximum absolute atomic E-state index is 2.55. The Balaban J connectivity index is 2.18. The topological polar surface area (TPSA) is 0 Å². The van der Waals surface area contributed by atoms with Gasteiger partial charge in [-0.1, -0.05) is 80.0 Å². The lowest BCUT2D eigenvalue weighted by atomic mass is 10.1. The zero-order valence-electron chi connectivity index (χ0n) is 11.9. The first-order valence-corrected chi connectivity index (χ1v) is 10.5. The molecule has 0 N–H and O–H groups in total. The van der Waals surface area contributed by atoms with Crippen molar-refractivity contribution < 1.29 is 0 Å². The molecule has 98 valence electrons. The Morgan fingerprint density at radius 2 is 1.67 bits per heavy atom. The molecule has 0 saturated carbocycles. The van der Waals surface area contributed by atoms with Gasteiger partial charge in [0.05, 0.1) is 8.07 Å². The van der Waals surface area contributed by atoms with E-state index in [4.69, 9.17) is 0 Å². The molecule has 1 aromatic rings. The molecular formula is C17H26Si. The van der Waals surface area contributed by atoms with Crippen molar-refractivity contribution in [1.82, 2.24) is 0 Å². The molecule has 0 radical (unpaired) electrons. The zero-order valence-corrected chi connectivity index (χ0v) is 12.9. The van der Waals surface area contributed by atoms with Crippen LogP contribution in [0.25, 0.3) is 0 Å². The first-order valence-electron chi connectivity index (χ1n) is 7.43. The van der Waals surface area contributed by atoms with E-state index in [-0.39, 0.29) is 0 Å². The quantitative estimate of drug-likeness (QED) is 0.524. The summed E-state index contributed by atoms with van der Waals surface area (Å²) in [6.07, 6.45) is 13.3. The first-order chi connectivity index (χ1) is 8.71. The Morgan fingerprint density at radius 1 is 0.944 bits per heavy atom. The van der Waals surface area contributed by atoms with E-state index in [1.165, 1.54) is 38.5 Å². The molecule has 0 spiro atoms. The molecule has 0 heterocycles. The molecule has 0 saturated heterocycles. The van der Waals surface area contributed by atoms with Gasteiger partial charge >= 0.3 is 0 Å². The summed E-state index contributed by atoms with van der Waals surface area (Å²) in [5.41, 5.74) is 0.818. The lowest BCUT2D eigenvalue weighted by molar-refractivity contribution is 0.628. The smallest absolute Gasteiger partial charge is 0.0873 e. The van der Waals surface area contributed by atoms with Gasteiger partial charge in [0.15, 0.2) is 0 Å². The number of hydrogen-bond donors (Lipinski definition) is 0. The summed E-state index contributed by atoms with van der Waals surface area (Å²) in [5.74, 6) is 0. The van der Waals surface area contributed by atoms with Crippen LogP contribution in [-0.2, 0) is 0 Å². The van der Waals surface area contributed by atoms with Gasteiger partial charge in [-0.15, -0.1) is 0 Å². The minimum Gasteiger partial charge on any atom is -0.0885 e. The van der Waals surface area contributed by atoms with Crippen LogP contribution in [0.15, 0.2) is 42.5 Å². The van der Waals surface area contributed by atoms with Gasteiger partial charge in [-0.3, -0.25) is 0 Å². The van der Waals surface area contributed by atoms with Crippen LogP contribution in [0.5, 0.6) is 0 Å². The fraction of sp³-hybridized carbons (Fsp3) is 0.529. The molecule has 18 heavy (non-hydrogen) atoms. The summed E-state index contributed by atoms with van der Waals surface area (Å²) < 4.78 is 0. The highest BCUT2D eigenvalue weighted by molar-refractivity contribution is 6.91. The van der Waals surface area contributed by atoms with Crippen LogP contribution >= 0.6 is 0 Å². The van der Waals surface area contributed by atoms with E-state index in [1.807, 2.05) is 0 Å². The monoisotopic (exact) mass is 258 g/mol. The van der Waals surface area contributed by atoms with E-state index >= 15 is 0 Å². The van der Waals surface area contributed by atoms with Crippen LogP contribution < -0.4 is 5.19 Å². The molecule has 1 aliphatic rings. The average molecular weight is 258 g/mol. The van der Waals surface area contributed by atoms with E-state index in [0.29, 0.717) is 0 Å². The van der Waals surface area contributed by atoms with Gasteiger partial charge in [-0.05, 0) is 24.8 Å². The Bertz CT molecular complexity index is 378. The molecule has 1 heteroatoms. The third kappa shape index (κ3) is 3.35. The highest BCUT2D eigenvalue weighted by Gasteiger charge is 2.31. The highest BCUT2D eigenvalue weighted by Crippen LogP contribution is 2.30. The van der Waals surface area contributed by atoms with Crippen LogP contribution in [0.1, 0.15) is 38.5 Å². The summed E-state index contributed by atoms with van der Waals surface area (Å²) >= 11 is 0. The predicted octanol–water partition coefficient (Wildman–Crippen LogP) is 4.88.